The van der Waals surface area contributed by atoms with Gasteiger partial charge in [-0.25, -0.2) is 4.79 Å². The molecular weight excluding hydrogens is 368 g/mol. The molecular formula is C12H17ClINO3. The first-order valence-corrected chi connectivity index (χ1v) is 7.14. The molecule has 0 aromatic heterocycles. The van der Waals surface area contributed by atoms with Crippen LogP contribution >= 0.6 is 34.2 Å². The minimum absolute atomic E-state index is 0.0649. The number of carboxylic acid groups (broad SMARTS) is 1. The van der Waals surface area contributed by atoms with Crippen molar-refractivity contribution in [3.8, 4) is 5.75 Å². The molecule has 0 saturated carbocycles. The molecule has 0 radical (unpaired) electrons. The molecule has 0 aliphatic rings. The second-order valence-corrected chi connectivity index (χ2v) is 6.11. The number of quaternary nitrogens is 1. The first-order chi connectivity index (χ1) is 8.19. The molecule has 1 aromatic carbocycles. The number of para-hydroxylation sites is 1. The summed E-state index contributed by atoms with van der Waals surface area (Å²) in [4.78, 5) is 10.3. The molecule has 4 nitrogen and oxygen atoms in total. The predicted octanol–water partition coefficient (Wildman–Crippen LogP) is 2.24. The summed E-state index contributed by atoms with van der Waals surface area (Å²) in [5.41, 5.74) is -0.294. The number of benzene rings is 1. The Bertz CT molecular complexity index is 405. The SMILES string of the molecule is C[N+](C)(C)CCI.O=C(O)c1cccc(Cl)c1[O-]. The molecule has 0 heterocycles. The number of carbonyl (C=O) groups is 1. The summed E-state index contributed by atoms with van der Waals surface area (Å²) in [5, 5.41) is 19.3. The van der Waals surface area contributed by atoms with Gasteiger partial charge in [0, 0.05) is 9.45 Å². The Morgan fingerprint density at radius 2 is 2.00 bits per heavy atom. The summed E-state index contributed by atoms with van der Waals surface area (Å²) in [6.07, 6.45) is 0. The van der Waals surface area contributed by atoms with Gasteiger partial charge in [0.25, 0.3) is 0 Å². The van der Waals surface area contributed by atoms with E-state index < -0.39 is 11.7 Å². The quantitative estimate of drug-likeness (QED) is 0.493. The Kier molecular flexibility index (Phi) is 7.58. The lowest BCUT2D eigenvalue weighted by molar-refractivity contribution is -0.867. The number of alkyl halides is 1. The van der Waals surface area contributed by atoms with Gasteiger partial charge >= 0.3 is 5.97 Å². The highest BCUT2D eigenvalue weighted by Crippen LogP contribution is 2.23. The van der Waals surface area contributed by atoms with Gasteiger partial charge in [-0.3, -0.25) is 0 Å². The molecule has 0 aliphatic heterocycles. The third kappa shape index (κ3) is 7.03. The van der Waals surface area contributed by atoms with E-state index in [1.807, 2.05) is 0 Å². The number of halogens is 2. The van der Waals surface area contributed by atoms with Crippen molar-refractivity contribution in [2.24, 2.45) is 0 Å². The zero-order valence-electron chi connectivity index (χ0n) is 10.6. The summed E-state index contributed by atoms with van der Waals surface area (Å²) in [5.74, 6) is -1.89. The van der Waals surface area contributed by atoms with Crippen LogP contribution in [0.2, 0.25) is 5.02 Å². The number of rotatable bonds is 3. The molecule has 0 fully saturated rings. The van der Waals surface area contributed by atoms with Crippen molar-refractivity contribution in [3.63, 3.8) is 0 Å². The standard InChI is InChI=1S/C7H5ClO3.C5H13IN/c8-5-3-1-2-4(6(5)9)7(10)11;1-7(2,3)5-4-6/h1-3,9H,(H,10,11);4-5H2,1-3H3/q;+1/p-1. The third-order valence-electron chi connectivity index (χ3n) is 1.95. The third-order valence-corrected chi connectivity index (χ3v) is 2.73. The summed E-state index contributed by atoms with van der Waals surface area (Å²) in [6.45, 7) is 1.26. The molecule has 1 rings (SSSR count). The van der Waals surface area contributed by atoms with Gasteiger partial charge in [0.05, 0.1) is 33.3 Å². The maximum Gasteiger partial charge on any atom is 0.335 e. The van der Waals surface area contributed by atoms with Gasteiger partial charge in [0.15, 0.2) is 0 Å². The highest BCUT2D eigenvalue weighted by atomic mass is 127. The normalized spacial score (nSPS) is 10.5. The van der Waals surface area contributed by atoms with E-state index in [1.54, 1.807) is 0 Å². The zero-order valence-corrected chi connectivity index (χ0v) is 13.5. The molecule has 0 spiro atoms. The Balaban J connectivity index is 0.000000360. The van der Waals surface area contributed by atoms with Crippen LogP contribution in [-0.4, -0.2) is 47.7 Å². The predicted molar refractivity (Wildman–Crippen MR) is 79.6 cm³/mol. The number of nitrogens with zero attached hydrogens (tertiary/aromatic N) is 1. The summed E-state index contributed by atoms with van der Waals surface area (Å²) >= 11 is 7.78. The first-order valence-electron chi connectivity index (χ1n) is 5.24. The van der Waals surface area contributed by atoms with Gasteiger partial charge in [-0.05, 0) is 12.1 Å². The van der Waals surface area contributed by atoms with Crippen LogP contribution in [0.4, 0.5) is 0 Å². The molecule has 102 valence electrons. The van der Waals surface area contributed by atoms with Crippen LogP contribution in [0.3, 0.4) is 0 Å². The van der Waals surface area contributed by atoms with E-state index in [-0.39, 0.29) is 10.6 Å². The number of aromatic carboxylic acids is 1. The Morgan fingerprint density at radius 1 is 1.44 bits per heavy atom. The molecule has 1 N–H and O–H groups in total. The Hall–Kier alpha value is -0.530. The number of hydrogen-bond donors (Lipinski definition) is 1. The van der Waals surface area contributed by atoms with E-state index in [9.17, 15) is 9.90 Å². The lowest BCUT2D eigenvalue weighted by Crippen LogP contribution is -2.35. The van der Waals surface area contributed by atoms with E-state index in [0.29, 0.717) is 0 Å². The summed E-state index contributed by atoms with van der Waals surface area (Å²) in [7, 11) is 6.62. The lowest BCUT2D eigenvalue weighted by atomic mass is 10.2. The van der Waals surface area contributed by atoms with Gasteiger partial charge in [-0.1, -0.05) is 46.0 Å². The van der Waals surface area contributed by atoms with E-state index in [2.05, 4.69) is 43.7 Å². The molecule has 0 saturated heterocycles. The van der Waals surface area contributed by atoms with Gasteiger partial charge in [-0.2, -0.15) is 0 Å². The van der Waals surface area contributed by atoms with Crippen molar-refractivity contribution in [1.82, 2.24) is 0 Å². The fourth-order valence-electron chi connectivity index (χ4n) is 0.931. The molecule has 0 aliphatic carbocycles. The van der Waals surface area contributed by atoms with Gasteiger partial charge in [-0.15, -0.1) is 0 Å². The molecule has 0 atom stereocenters. The summed E-state index contributed by atoms with van der Waals surface area (Å²) < 4.78 is 2.34. The largest absolute Gasteiger partial charge is 0.871 e. The fraction of sp³-hybridized carbons (Fsp3) is 0.417. The van der Waals surface area contributed by atoms with Crippen molar-refractivity contribution in [2.75, 3.05) is 32.1 Å². The van der Waals surface area contributed by atoms with Crippen LogP contribution < -0.4 is 5.11 Å². The second-order valence-electron chi connectivity index (χ2n) is 4.62. The van der Waals surface area contributed by atoms with Crippen molar-refractivity contribution in [1.29, 1.82) is 0 Å². The second kappa shape index (κ2) is 7.81. The minimum Gasteiger partial charge on any atom is -0.871 e. The monoisotopic (exact) mass is 385 g/mol. The average Bonchev–Trinajstić information content (AvgIpc) is 2.20. The van der Waals surface area contributed by atoms with E-state index in [4.69, 9.17) is 16.7 Å². The zero-order chi connectivity index (χ0) is 14.3. The van der Waals surface area contributed by atoms with Crippen LogP contribution in [0, 0.1) is 0 Å². The Morgan fingerprint density at radius 3 is 2.28 bits per heavy atom. The van der Waals surface area contributed by atoms with Crippen molar-refractivity contribution >= 4 is 40.2 Å². The molecule has 18 heavy (non-hydrogen) atoms. The maximum absolute atomic E-state index is 10.9. The van der Waals surface area contributed by atoms with Gasteiger partial charge in [0.2, 0.25) is 0 Å². The molecule has 0 unspecified atom stereocenters. The summed E-state index contributed by atoms with van der Waals surface area (Å²) in [6, 6.07) is 4.00. The van der Waals surface area contributed by atoms with Crippen molar-refractivity contribution in [2.45, 2.75) is 0 Å². The van der Waals surface area contributed by atoms with E-state index in [1.165, 1.54) is 29.2 Å². The smallest absolute Gasteiger partial charge is 0.335 e. The van der Waals surface area contributed by atoms with E-state index in [0.717, 1.165) is 4.48 Å². The van der Waals surface area contributed by atoms with Gasteiger partial charge in [0.1, 0.15) is 0 Å². The van der Waals surface area contributed by atoms with Crippen molar-refractivity contribution < 1.29 is 19.5 Å². The average molecular weight is 386 g/mol. The number of hydrogen-bond acceptors (Lipinski definition) is 2. The fourth-order valence-corrected chi connectivity index (χ4v) is 2.55. The molecule has 6 heteroatoms. The molecule has 0 amide bonds. The molecule has 0 bridgehead atoms. The van der Waals surface area contributed by atoms with Crippen LogP contribution in [0.15, 0.2) is 18.2 Å². The van der Waals surface area contributed by atoms with Crippen LogP contribution in [0.1, 0.15) is 10.4 Å². The highest BCUT2D eigenvalue weighted by Gasteiger charge is 2.04. The van der Waals surface area contributed by atoms with Crippen LogP contribution in [0.5, 0.6) is 5.75 Å². The lowest BCUT2D eigenvalue weighted by Gasteiger charge is -2.21. The number of carboxylic acids is 1. The van der Waals surface area contributed by atoms with Crippen molar-refractivity contribution in [3.05, 3.63) is 28.8 Å². The van der Waals surface area contributed by atoms with Crippen LogP contribution in [-0.2, 0) is 0 Å². The van der Waals surface area contributed by atoms with E-state index >= 15 is 0 Å². The minimum atomic E-state index is -1.25. The molecule has 1 aromatic rings. The first kappa shape index (κ1) is 17.5. The highest BCUT2D eigenvalue weighted by molar-refractivity contribution is 14.1. The van der Waals surface area contributed by atoms with Crippen LogP contribution in [0.25, 0.3) is 0 Å². The maximum atomic E-state index is 10.9. The topological polar surface area (TPSA) is 60.4 Å². The van der Waals surface area contributed by atoms with Gasteiger partial charge < -0.3 is 14.7 Å². The Labute approximate surface area is 126 Å².